The third kappa shape index (κ3) is 4.77. The highest BCUT2D eigenvalue weighted by Crippen LogP contribution is 2.15. The van der Waals surface area contributed by atoms with Crippen molar-refractivity contribution in [3.63, 3.8) is 0 Å². The SMILES string of the molecule is N#CC(NCCCN1CCOCC1)c1ccc(Cl)cc1. The Morgan fingerprint density at radius 3 is 2.65 bits per heavy atom. The van der Waals surface area contributed by atoms with E-state index >= 15 is 0 Å². The fourth-order valence-corrected chi connectivity index (χ4v) is 2.39. The minimum absolute atomic E-state index is 0.267. The molecule has 4 nitrogen and oxygen atoms in total. The van der Waals surface area contributed by atoms with Crippen LogP contribution in [0.15, 0.2) is 24.3 Å². The minimum Gasteiger partial charge on any atom is -0.379 e. The van der Waals surface area contributed by atoms with Gasteiger partial charge in [-0.05, 0) is 37.2 Å². The van der Waals surface area contributed by atoms with Gasteiger partial charge >= 0.3 is 0 Å². The van der Waals surface area contributed by atoms with Gasteiger partial charge in [0.05, 0.1) is 19.3 Å². The Balaban J connectivity index is 1.71. The summed E-state index contributed by atoms with van der Waals surface area (Å²) < 4.78 is 5.32. The molecule has 0 saturated carbocycles. The summed E-state index contributed by atoms with van der Waals surface area (Å²) in [5.74, 6) is 0. The van der Waals surface area contributed by atoms with Crippen molar-refractivity contribution in [1.82, 2.24) is 10.2 Å². The van der Waals surface area contributed by atoms with Gasteiger partial charge in [-0.1, -0.05) is 23.7 Å². The average Bonchev–Trinajstić information content (AvgIpc) is 2.50. The predicted molar refractivity (Wildman–Crippen MR) is 79.7 cm³/mol. The second-order valence-corrected chi connectivity index (χ2v) is 5.31. The zero-order valence-electron chi connectivity index (χ0n) is 11.5. The molecule has 20 heavy (non-hydrogen) atoms. The average molecular weight is 294 g/mol. The van der Waals surface area contributed by atoms with Crippen molar-refractivity contribution in [1.29, 1.82) is 5.26 Å². The van der Waals surface area contributed by atoms with Crippen molar-refractivity contribution in [2.75, 3.05) is 39.4 Å². The molecule has 1 atom stereocenters. The van der Waals surface area contributed by atoms with E-state index in [9.17, 15) is 5.26 Å². The summed E-state index contributed by atoms with van der Waals surface area (Å²) >= 11 is 5.85. The Labute approximate surface area is 125 Å². The van der Waals surface area contributed by atoms with Crippen molar-refractivity contribution in [2.45, 2.75) is 12.5 Å². The molecule has 1 aliphatic rings. The van der Waals surface area contributed by atoms with Crippen molar-refractivity contribution < 1.29 is 4.74 Å². The second-order valence-electron chi connectivity index (χ2n) is 4.88. The fraction of sp³-hybridized carbons (Fsp3) is 0.533. The van der Waals surface area contributed by atoms with Gasteiger partial charge in [-0.3, -0.25) is 10.2 Å². The first-order valence-electron chi connectivity index (χ1n) is 6.98. The van der Waals surface area contributed by atoms with Crippen LogP contribution in [0.1, 0.15) is 18.0 Å². The number of halogens is 1. The van der Waals surface area contributed by atoms with Gasteiger partial charge in [0, 0.05) is 18.1 Å². The van der Waals surface area contributed by atoms with Gasteiger partial charge in [-0.15, -0.1) is 0 Å². The lowest BCUT2D eigenvalue weighted by atomic mass is 10.1. The van der Waals surface area contributed by atoms with Crippen LogP contribution in [0.4, 0.5) is 0 Å². The molecule has 1 aromatic carbocycles. The van der Waals surface area contributed by atoms with Crippen molar-refractivity contribution in [3.8, 4) is 6.07 Å². The molecule has 0 aromatic heterocycles. The third-order valence-electron chi connectivity index (χ3n) is 3.44. The second kappa shape index (κ2) is 8.23. The van der Waals surface area contributed by atoms with Crippen molar-refractivity contribution >= 4 is 11.6 Å². The number of benzene rings is 1. The zero-order chi connectivity index (χ0) is 14.2. The Morgan fingerprint density at radius 2 is 2.00 bits per heavy atom. The van der Waals surface area contributed by atoms with E-state index in [1.54, 1.807) is 0 Å². The first kappa shape index (κ1) is 15.3. The van der Waals surface area contributed by atoms with E-state index in [-0.39, 0.29) is 6.04 Å². The highest BCUT2D eigenvalue weighted by molar-refractivity contribution is 6.30. The summed E-state index contributed by atoms with van der Waals surface area (Å²) in [6, 6.07) is 9.44. The Bertz CT molecular complexity index is 437. The van der Waals surface area contributed by atoms with E-state index < -0.39 is 0 Å². The van der Waals surface area contributed by atoms with Crippen LogP contribution in [0.2, 0.25) is 5.02 Å². The third-order valence-corrected chi connectivity index (χ3v) is 3.69. The number of morpholine rings is 1. The molecule has 1 aliphatic heterocycles. The molecule has 1 unspecified atom stereocenters. The van der Waals surface area contributed by atoms with Gasteiger partial charge in [-0.2, -0.15) is 5.26 Å². The van der Waals surface area contributed by atoms with Crippen LogP contribution in [0.3, 0.4) is 0 Å². The van der Waals surface area contributed by atoms with E-state index in [0.29, 0.717) is 5.02 Å². The van der Waals surface area contributed by atoms with Crippen LogP contribution in [0.25, 0.3) is 0 Å². The quantitative estimate of drug-likeness (QED) is 0.817. The Hall–Kier alpha value is -1.12. The lowest BCUT2D eigenvalue weighted by Crippen LogP contribution is -2.37. The molecule has 1 N–H and O–H groups in total. The summed E-state index contributed by atoms with van der Waals surface area (Å²) in [6.45, 7) is 5.57. The predicted octanol–water partition coefficient (Wildman–Crippen LogP) is 2.22. The lowest BCUT2D eigenvalue weighted by molar-refractivity contribution is 0.0374. The van der Waals surface area contributed by atoms with Gasteiger partial charge in [0.2, 0.25) is 0 Å². The van der Waals surface area contributed by atoms with Gasteiger partial charge in [0.1, 0.15) is 6.04 Å². The number of nitriles is 1. The maximum Gasteiger partial charge on any atom is 0.121 e. The molecule has 0 aliphatic carbocycles. The highest BCUT2D eigenvalue weighted by Gasteiger charge is 2.11. The summed E-state index contributed by atoms with van der Waals surface area (Å²) in [4.78, 5) is 2.40. The fourth-order valence-electron chi connectivity index (χ4n) is 2.27. The maximum atomic E-state index is 9.22. The number of rotatable bonds is 6. The van der Waals surface area contributed by atoms with Crippen LogP contribution in [-0.2, 0) is 4.74 Å². The van der Waals surface area contributed by atoms with E-state index in [1.165, 1.54) is 0 Å². The van der Waals surface area contributed by atoms with E-state index in [4.69, 9.17) is 16.3 Å². The van der Waals surface area contributed by atoms with Crippen LogP contribution in [0, 0.1) is 11.3 Å². The molecule has 0 amide bonds. The van der Waals surface area contributed by atoms with Crippen molar-refractivity contribution in [2.24, 2.45) is 0 Å². The number of hydrogen-bond donors (Lipinski definition) is 1. The molecule has 1 heterocycles. The van der Waals surface area contributed by atoms with Gasteiger partial charge in [0.25, 0.3) is 0 Å². The standard InChI is InChI=1S/C15H20ClN3O/c16-14-4-2-13(3-5-14)15(12-17)18-6-1-7-19-8-10-20-11-9-19/h2-5,15,18H,1,6-11H2. The van der Waals surface area contributed by atoms with Gasteiger partial charge in [0.15, 0.2) is 0 Å². The summed E-state index contributed by atoms with van der Waals surface area (Å²) in [7, 11) is 0. The van der Waals surface area contributed by atoms with Crippen LogP contribution in [0.5, 0.6) is 0 Å². The largest absolute Gasteiger partial charge is 0.379 e. The number of nitrogens with one attached hydrogen (secondary N) is 1. The molecule has 1 saturated heterocycles. The first-order chi connectivity index (χ1) is 9.79. The zero-order valence-corrected chi connectivity index (χ0v) is 12.3. The normalized spacial score (nSPS) is 17.6. The van der Waals surface area contributed by atoms with Crippen LogP contribution < -0.4 is 5.32 Å². The summed E-state index contributed by atoms with van der Waals surface area (Å²) in [5.41, 5.74) is 0.961. The minimum atomic E-state index is -0.267. The smallest absolute Gasteiger partial charge is 0.121 e. The molecular formula is C15H20ClN3O. The molecule has 108 valence electrons. The van der Waals surface area contributed by atoms with E-state index in [2.05, 4.69) is 16.3 Å². The maximum absolute atomic E-state index is 9.22. The number of hydrogen-bond acceptors (Lipinski definition) is 4. The summed E-state index contributed by atoms with van der Waals surface area (Å²) in [6.07, 6.45) is 1.03. The molecule has 1 aromatic rings. The van der Waals surface area contributed by atoms with Crippen LogP contribution in [-0.4, -0.2) is 44.3 Å². The number of nitrogens with zero attached hydrogens (tertiary/aromatic N) is 2. The van der Waals surface area contributed by atoms with E-state index in [1.807, 2.05) is 24.3 Å². The molecule has 0 spiro atoms. The Morgan fingerprint density at radius 1 is 1.30 bits per heavy atom. The molecule has 2 rings (SSSR count). The van der Waals surface area contributed by atoms with E-state index in [0.717, 1.165) is 51.4 Å². The molecule has 0 bridgehead atoms. The van der Waals surface area contributed by atoms with Gasteiger partial charge in [-0.25, -0.2) is 0 Å². The lowest BCUT2D eigenvalue weighted by Gasteiger charge is -2.26. The first-order valence-corrected chi connectivity index (χ1v) is 7.36. The molecule has 5 heteroatoms. The molecular weight excluding hydrogens is 274 g/mol. The molecule has 0 radical (unpaired) electrons. The van der Waals surface area contributed by atoms with Crippen LogP contribution >= 0.6 is 11.6 Å². The monoisotopic (exact) mass is 293 g/mol. The topological polar surface area (TPSA) is 48.3 Å². The molecule has 1 fully saturated rings. The Kier molecular flexibility index (Phi) is 6.28. The highest BCUT2D eigenvalue weighted by atomic mass is 35.5. The van der Waals surface area contributed by atoms with Gasteiger partial charge < -0.3 is 4.74 Å². The van der Waals surface area contributed by atoms with Crippen molar-refractivity contribution in [3.05, 3.63) is 34.9 Å². The number of ether oxygens (including phenoxy) is 1. The summed E-state index contributed by atoms with van der Waals surface area (Å²) in [5, 5.41) is 13.2.